The fraction of sp³-hybridized carbons (Fsp3) is 0.130. The largest absolute Gasteiger partial charge is 0.350 e. The molecule has 0 spiro atoms. The summed E-state index contributed by atoms with van der Waals surface area (Å²) in [7, 11) is -3.77. The molecule has 0 saturated carbocycles. The van der Waals surface area contributed by atoms with Gasteiger partial charge in [0, 0.05) is 18.5 Å². The van der Waals surface area contributed by atoms with Gasteiger partial charge in [-0.1, -0.05) is 60.7 Å². The van der Waals surface area contributed by atoms with Gasteiger partial charge in [-0.15, -0.1) is 0 Å². The molecule has 2 amide bonds. The molecule has 0 aliphatic rings. The van der Waals surface area contributed by atoms with Crippen molar-refractivity contribution in [1.29, 1.82) is 0 Å². The quantitative estimate of drug-likeness (QED) is 0.499. The number of carbonyl (C=O) groups is 2. The highest BCUT2D eigenvalue weighted by Gasteiger charge is 2.22. The van der Waals surface area contributed by atoms with Crippen LogP contribution in [0.2, 0.25) is 0 Å². The lowest BCUT2D eigenvalue weighted by atomic mass is 10.0. The molecule has 0 radical (unpaired) electrons. The van der Waals surface area contributed by atoms with Gasteiger partial charge in [-0.05, 0) is 35.4 Å². The van der Waals surface area contributed by atoms with E-state index in [1.165, 1.54) is 12.1 Å². The molecule has 7 nitrogen and oxygen atoms in total. The van der Waals surface area contributed by atoms with E-state index in [0.717, 1.165) is 5.56 Å². The second-order valence-corrected chi connectivity index (χ2v) is 8.55. The first-order chi connectivity index (χ1) is 14.8. The molecule has 8 heteroatoms. The Morgan fingerprint density at radius 3 is 1.97 bits per heavy atom. The lowest BCUT2D eigenvalue weighted by molar-refractivity contribution is -0.123. The second-order valence-electron chi connectivity index (χ2n) is 6.99. The zero-order chi connectivity index (χ0) is 22.3. The van der Waals surface area contributed by atoms with Crippen LogP contribution in [0.15, 0.2) is 89.8 Å². The maximum absolute atomic E-state index is 12.9. The van der Waals surface area contributed by atoms with Gasteiger partial charge in [-0.2, -0.15) is 0 Å². The summed E-state index contributed by atoms with van der Waals surface area (Å²) in [6, 6.07) is 23.2. The lowest BCUT2D eigenvalue weighted by Gasteiger charge is -2.19. The van der Waals surface area contributed by atoms with E-state index in [9.17, 15) is 18.0 Å². The molecule has 0 fully saturated rings. The Bertz CT molecular complexity index is 1130. The maximum atomic E-state index is 12.9. The van der Waals surface area contributed by atoms with Gasteiger partial charge >= 0.3 is 0 Å². The van der Waals surface area contributed by atoms with Crippen LogP contribution in [0.3, 0.4) is 0 Å². The lowest BCUT2D eigenvalue weighted by Crippen LogP contribution is -2.47. The third-order valence-corrected chi connectivity index (χ3v) is 5.59. The van der Waals surface area contributed by atoms with Crippen molar-refractivity contribution in [2.75, 3.05) is 0 Å². The number of benzene rings is 3. The van der Waals surface area contributed by atoms with E-state index < -0.39 is 16.1 Å². The van der Waals surface area contributed by atoms with Gasteiger partial charge in [0.05, 0.1) is 4.90 Å². The minimum absolute atomic E-state index is 0.000319. The van der Waals surface area contributed by atoms with Crippen molar-refractivity contribution < 1.29 is 18.0 Å². The van der Waals surface area contributed by atoms with E-state index in [-0.39, 0.29) is 23.3 Å². The van der Waals surface area contributed by atoms with Crippen LogP contribution in [0, 0.1) is 0 Å². The Kier molecular flexibility index (Phi) is 7.17. The van der Waals surface area contributed by atoms with Crippen molar-refractivity contribution >= 4 is 21.8 Å². The van der Waals surface area contributed by atoms with Crippen LogP contribution < -0.4 is 15.8 Å². The molecule has 0 heterocycles. The SMILES string of the molecule is NS(=O)(=O)c1ccc(CNC(=O)[C@H](Cc2ccccc2)NC(=O)c2ccccc2)cc1. The zero-order valence-electron chi connectivity index (χ0n) is 16.7. The van der Waals surface area contributed by atoms with Crippen LogP contribution in [0.4, 0.5) is 0 Å². The summed E-state index contributed by atoms with van der Waals surface area (Å²) in [5, 5.41) is 10.7. The minimum Gasteiger partial charge on any atom is -0.350 e. The van der Waals surface area contributed by atoms with Gasteiger partial charge < -0.3 is 10.6 Å². The van der Waals surface area contributed by atoms with Crippen LogP contribution in [0.5, 0.6) is 0 Å². The van der Waals surface area contributed by atoms with E-state index in [2.05, 4.69) is 10.6 Å². The van der Waals surface area contributed by atoms with Crippen LogP contribution in [-0.4, -0.2) is 26.3 Å². The summed E-state index contributed by atoms with van der Waals surface area (Å²) in [5.41, 5.74) is 2.08. The Labute approximate surface area is 181 Å². The number of nitrogens with one attached hydrogen (secondary N) is 2. The van der Waals surface area contributed by atoms with E-state index in [0.29, 0.717) is 17.5 Å². The summed E-state index contributed by atoms with van der Waals surface area (Å²) in [6.07, 6.45) is 0.329. The van der Waals surface area contributed by atoms with E-state index in [1.807, 2.05) is 36.4 Å². The normalized spacial score (nSPS) is 12.0. The van der Waals surface area contributed by atoms with E-state index in [4.69, 9.17) is 5.14 Å². The van der Waals surface area contributed by atoms with Gasteiger partial charge in [0.1, 0.15) is 6.04 Å². The number of amides is 2. The molecular weight excluding hydrogens is 414 g/mol. The first-order valence-corrected chi connectivity index (χ1v) is 11.2. The summed E-state index contributed by atoms with van der Waals surface area (Å²) >= 11 is 0. The average molecular weight is 438 g/mol. The number of primary sulfonamides is 1. The molecule has 3 rings (SSSR count). The standard InChI is InChI=1S/C23H23N3O4S/c24-31(29,30)20-13-11-18(12-14-20)16-25-23(28)21(15-17-7-3-1-4-8-17)26-22(27)19-9-5-2-6-10-19/h1-14,21H,15-16H2,(H,25,28)(H,26,27)(H2,24,29,30)/t21-/m0/s1. The molecule has 31 heavy (non-hydrogen) atoms. The molecule has 3 aromatic rings. The van der Waals surface area contributed by atoms with Crippen LogP contribution in [0.1, 0.15) is 21.5 Å². The minimum atomic E-state index is -3.77. The molecule has 1 atom stereocenters. The Morgan fingerprint density at radius 2 is 1.39 bits per heavy atom. The van der Waals surface area contributed by atoms with Crippen molar-refractivity contribution in [2.45, 2.75) is 23.9 Å². The molecule has 0 aliphatic heterocycles. The van der Waals surface area contributed by atoms with Gasteiger partial charge in [-0.3, -0.25) is 9.59 Å². The van der Waals surface area contributed by atoms with Crippen molar-refractivity contribution in [3.63, 3.8) is 0 Å². The van der Waals surface area contributed by atoms with Gasteiger partial charge in [-0.25, -0.2) is 13.6 Å². The van der Waals surface area contributed by atoms with Crippen molar-refractivity contribution in [1.82, 2.24) is 10.6 Å². The second kappa shape index (κ2) is 10.0. The van der Waals surface area contributed by atoms with Crippen LogP contribution in [-0.2, 0) is 27.8 Å². The van der Waals surface area contributed by atoms with Gasteiger partial charge in [0.2, 0.25) is 15.9 Å². The number of hydrogen-bond acceptors (Lipinski definition) is 4. The first kappa shape index (κ1) is 22.2. The molecule has 0 saturated heterocycles. The fourth-order valence-electron chi connectivity index (χ4n) is 3.00. The molecule has 0 aromatic heterocycles. The predicted molar refractivity (Wildman–Crippen MR) is 118 cm³/mol. The highest BCUT2D eigenvalue weighted by molar-refractivity contribution is 7.89. The molecule has 3 aromatic carbocycles. The molecule has 0 aliphatic carbocycles. The van der Waals surface area contributed by atoms with E-state index in [1.54, 1.807) is 36.4 Å². The number of sulfonamides is 1. The van der Waals surface area contributed by atoms with E-state index >= 15 is 0 Å². The summed E-state index contributed by atoms with van der Waals surface area (Å²) in [5.74, 6) is -0.683. The van der Waals surface area contributed by atoms with Gasteiger partial charge in [0.15, 0.2) is 0 Å². The Morgan fingerprint density at radius 1 is 0.806 bits per heavy atom. The molecule has 4 N–H and O–H groups in total. The maximum Gasteiger partial charge on any atom is 0.251 e. The summed E-state index contributed by atoms with van der Waals surface area (Å²) in [4.78, 5) is 25.5. The van der Waals surface area contributed by atoms with Crippen molar-refractivity contribution in [3.05, 3.63) is 102 Å². The van der Waals surface area contributed by atoms with Crippen LogP contribution >= 0.6 is 0 Å². The summed E-state index contributed by atoms with van der Waals surface area (Å²) < 4.78 is 22.7. The molecular formula is C23H23N3O4S. The number of rotatable bonds is 8. The van der Waals surface area contributed by atoms with Crippen LogP contribution in [0.25, 0.3) is 0 Å². The topological polar surface area (TPSA) is 118 Å². The predicted octanol–water partition coefficient (Wildman–Crippen LogP) is 1.99. The van der Waals surface area contributed by atoms with Crippen molar-refractivity contribution in [2.24, 2.45) is 5.14 Å². The zero-order valence-corrected chi connectivity index (χ0v) is 17.5. The first-order valence-electron chi connectivity index (χ1n) is 9.62. The Hall–Kier alpha value is -3.49. The highest BCUT2D eigenvalue weighted by atomic mass is 32.2. The van der Waals surface area contributed by atoms with Crippen molar-refractivity contribution in [3.8, 4) is 0 Å². The monoisotopic (exact) mass is 437 g/mol. The average Bonchev–Trinajstić information content (AvgIpc) is 2.78. The smallest absolute Gasteiger partial charge is 0.251 e. The number of nitrogens with two attached hydrogens (primary N) is 1. The third kappa shape index (κ3) is 6.50. The number of carbonyl (C=O) groups excluding carboxylic acids is 2. The molecule has 0 unspecified atom stereocenters. The molecule has 160 valence electrons. The Balaban J connectivity index is 1.70. The highest BCUT2D eigenvalue weighted by Crippen LogP contribution is 2.10. The number of hydrogen-bond donors (Lipinski definition) is 3. The van der Waals surface area contributed by atoms with Gasteiger partial charge in [0.25, 0.3) is 5.91 Å². The molecule has 0 bridgehead atoms. The summed E-state index contributed by atoms with van der Waals surface area (Å²) in [6.45, 7) is 0.177. The fourth-order valence-corrected chi connectivity index (χ4v) is 3.51. The third-order valence-electron chi connectivity index (χ3n) is 4.66.